The summed E-state index contributed by atoms with van der Waals surface area (Å²) in [7, 11) is 1.49. The SMILES string of the molecule is COC(=O)C1CCCN1C1CCCCCC1CN. The third-order valence-electron chi connectivity index (χ3n) is 4.62. The Morgan fingerprint density at radius 1 is 1.22 bits per heavy atom. The molecule has 0 bridgehead atoms. The van der Waals surface area contributed by atoms with Gasteiger partial charge in [-0.05, 0) is 44.7 Å². The topological polar surface area (TPSA) is 55.6 Å². The van der Waals surface area contributed by atoms with Crippen molar-refractivity contribution in [2.24, 2.45) is 11.7 Å². The number of hydrogen-bond donors (Lipinski definition) is 1. The molecule has 2 aliphatic rings. The largest absolute Gasteiger partial charge is 0.468 e. The highest BCUT2D eigenvalue weighted by molar-refractivity contribution is 5.76. The Bertz CT molecular complexity index is 283. The molecule has 1 saturated carbocycles. The third kappa shape index (κ3) is 2.86. The lowest BCUT2D eigenvalue weighted by Gasteiger charge is -2.35. The number of methoxy groups -OCH3 is 1. The van der Waals surface area contributed by atoms with Gasteiger partial charge in [0.15, 0.2) is 0 Å². The Morgan fingerprint density at radius 2 is 2.00 bits per heavy atom. The number of likely N-dealkylation sites (tertiary alicyclic amines) is 1. The van der Waals surface area contributed by atoms with Gasteiger partial charge in [0.1, 0.15) is 6.04 Å². The Hall–Kier alpha value is -0.610. The predicted molar refractivity (Wildman–Crippen MR) is 71.2 cm³/mol. The molecule has 104 valence electrons. The Balaban J connectivity index is 2.08. The molecule has 0 radical (unpaired) electrons. The van der Waals surface area contributed by atoms with E-state index in [1.165, 1.54) is 39.2 Å². The lowest BCUT2D eigenvalue weighted by Crippen LogP contribution is -2.48. The molecule has 0 aromatic heterocycles. The Kier molecular flexibility index (Phi) is 5.01. The maximum atomic E-state index is 11.9. The van der Waals surface area contributed by atoms with Gasteiger partial charge in [0.2, 0.25) is 0 Å². The summed E-state index contributed by atoms with van der Waals surface area (Å²) < 4.78 is 4.94. The smallest absolute Gasteiger partial charge is 0.323 e. The van der Waals surface area contributed by atoms with E-state index in [2.05, 4.69) is 4.90 Å². The fourth-order valence-corrected chi connectivity index (χ4v) is 3.65. The average Bonchev–Trinajstić information content (AvgIpc) is 2.76. The van der Waals surface area contributed by atoms with Gasteiger partial charge in [-0.1, -0.05) is 19.3 Å². The third-order valence-corrected chi connectivity index (χ3v) is 4.62. The van der Waals surface area contributed by atoms with Gasteiger partial charge in [-0.3, -0.25) is 9.69 Å². The number of nitrogens with two attached hydrogens (primary N) is 1. The molecule has 2 fully saturated rings. The van der Waals surface area contributed by atoms with Crippen LogP contribution in [0.2, 0.25) is 0 Å². The Morgan fingerprint density at radius 3 is 2.72 bits per heavy atom. The van der Waals surface area contributed by atoms with Crippen molar-refractivity contribution in [1.29, 1.82) is 0 Å². The Labute approximate surface area is 110 Å². The van der Waals surface area contributed by atoms with E-state index in [-0.39, 0.29) is 12.0 Å². The van der Waals surface area contributed by atoms with Crippen LogP contribution in [0.15, 0.2) is 0 Å². The molecule has 0 amide bonds. The molecule has 1 aliphatic carbocycles. The number of hydrogen-bond acceptors (Lipinski definition) is 4. The first kappa shape index (κ1) is 13.8. The normalized spacial score (nSPS) is 34.2. The van der Waals surface area contributed by atoms with Crippen molar-refractivity contribution in [3.8, 4) is 0 Å². The zero-order valence-electron chi connectivity index (χ0n) is 11.4. The van der Waals surface area contributed by atoms with Crippen LogP contribution in [-0.2, 0) is 9.53 Å². The number of carbonyl (C=O) groups excluding carboxylic acids is 1. The molecule has 3 unspecified atom stereocenters. The second-order valence-electron chi connectivity index (χ2n) is 5.62. The number of esters is 1. The molecule has 0 aromatic carbocycles. The van der Waals surface area contributed by atoms with Crippen LogP contribution in [0.25, 0.3) is 0 Å². The molecule has 4 heteroatoms. The molecular weight excluding hydrogens is 228 g/mol. The van der Waals surface area contributed by atoms with Gasteiger partial charge in [-0.25, -0.2) is 0 Å². The highest BCUT2D eigenvalue weighted by Gasteiger charge is 2.38. The van der Waals surface area contributed by atoms with E-state index in [0.29, 0.717) is 12.0 Å². The van der Waals surface area contributed by atoms with E-state index in [9.17, 15) is 4.79 Å². The number of ether oxygens (including phenoxy) is 1. The van der Waals surface area contributed by atoms with Gasteiger partial charge in [-0.15, -0.1) is 0 Å². The lowest BCUT2D eigenvalue weighted by atomic mass is 9.93. The molecule has 1 heterocycles. The minimum Gasteiger partial charge on any atom is -0.468 e. The minimum atomic E-state index is -0.0625. The monoisotopic (exact) mass is 254 g/mol. The molecule has 2 N–H and O–H groups in total. The molecule has 4 nitrogen and oxygen atoms in total. The number of rotatable bonds is 3. The maximum absolute atomic E-state index is 11.9. The fourth-order valence-electron chi connectivity index (χ4n) is 3.65. The van der Waals surface area contributed by atoms with Gasteiger partial charge in [-0.2, -0.15) is 0 Å². The van der Waals surface area contributed by atoms with Crippen LogP contribution < -0.4 is 5.73 Å². The van der Waals surface area contributed by atoms with Crippen LogP contribution >= 0.6 is 0 Å². The summed E-state index contributed by atoms with van der Waals surface area (Å²) in [4.78, 5) is 14.2. The second-order valence-corrected chi connectivity index (χ2v) is 5.62. The predicted octanol–water partition coefficient (Wildman–Crippen LogP) is 1.53. The average molecular weight is 254 g/mol. The van der Waals surface area contributed by atoms with Gasteiger partial charge >= 0.3 is 5.97 Å². The zero-order valence-corrected chi connectivity index (χ0v) is 11.4. The summed E-state index contributed by atoms with van der Waals surface area (Å²) >= 11 is 0. The van der Waals surface area contributed by atoms with Crippen molar-refractivity contribution in [2.75, 3.05) is 20.2 Å². The molecule has 0 aromatic rings. The van der Waals surface area contributed by atoms with E-state index in [1.807, 2.05) is 0 Å². The first-order valence-electron chi connectivity index (χ1n) is 7.31. The highest BCUT2D eigenvalue weighted by Crippen LogP contribution is 2.32. The number of carbonyl (C=O) groups is 1. The van der Waals surface area contributed by atoms with E-state index in [0.717, 1.165) is 25.9 Å². The summed E-state index contributed by atoms with van der Waals surface area (Å²) in [5.74, 6) is 0.491. The van der Waals surface area contributed by atoms with Crippen molar-refractivity contribution in [3.63, 3.8) is 0 Å². The van der Waals surface area contributed by atoms with E-state index in [1.54, 1.807) is 0 Å². The van der Waals surface area contributed by atoms with Crippen molar-refractivity contribution >= 4 is 5.97 Å². The summed E-state index contributed by atoms with van der Waals surface area (Å²) in [6, 6.07) is 0.469. The summed E-state index contributed by atoms with van der Waals surface area (Å²) in [6.07, 6.45) is 8.32. The molecule has 3 atom stereocenters. The second kappa shape index (κ2) is 6.53. The zero-order chi connectivity index (χ0) is 13.0. The van der Waals surface area contributed by atoms with Crippen LogP contribution in [0.5, 0.6) is 0 Å². The van der Waals surface area contributed by atoms with Crippen LogP contribution in [0, 0.1) is 5.92 Å². The van der Waals surface area contributed by atoms with Crippen molar-refractivity contribution < 1.29 is 9.53 Å². The van der Waals surface area contributed by atoms with Gasteiger partial charge in [0, 0.05) is 6.04 Å². The highest BCUT2D eigenvalue weighted by atomic mass is 16.5. The summed E-state index contributed by atoms with van der Waals surface area (Å²) in [6.45, 7) is 1.77. The van der Waals surface area contributed by atoms with Gasteiger partial charge in [0.05, 0.1) is 7.11 Å². The first-order valence-corrected chi connectivity index (χ1v) is 7.31. The van der Waals surface area contributed by atoms with E-state index >= 15 is 0 Å². The van der Waals surface area contributed by atoms with Crippen molar-refractivity contribution in [2.45, 2.75) is 57.0 Å². The van der Waals surface area contributed by atoms with Crippen LogP contribution in [0.4, 0.5) is 0 Å². The molecule has 1 aliphatic heterocycles. The summed E-state index contributed by atoms with van der Waals surface area (Å²) in [5.41, 5.74) is 5.94. The van der Waals surface area contributed by atoms with Crippen LogP contribution in [-0.4, -0.2) is 43.2 Å². The first-order chi connectivity index (χ1) is 8.77. The quantitative estimate of drug-likeness (QED) is 0.613. The lowest BCUT2D eigenvalue weighted by molar-refractivity contribution is -0.147. The van der Waals surface area contributed by atoms with Crippen molar-refractivity contribution in [3.05, 3.63) is 0 Å². The molecule has 2 rings (SSSR count). The van der Waals surface area contributed by atoms with Crippen molar-refractivity contribution in [1.82, 2.24) is 4.90 Å². The molecule has 18 heavy (non-hydrogen) atoms. The molecular formula is C14H26N2O2. The van der Waals surface area contributed by atoms with Gasteiger partial charge < -0.3 is 10.5 Å². The van der Waals surface area contributed by atoms with Crippen LogP contribution in [0.3, 0.4) is 0 Å². The maximum Gasteiger partial charge on any atom is 0.323 e. The minimum absolute atomic E-state index is 0.0212. The van der Waals surface area contributed by atoms with Crippen LogP contribution in [0.1, 0.15) is 44.9 Å². The molecule has 0 spiro atoms. The fraction of sp³-hybridized carbons (Fsp3) is 0.929. The van der Waals surface area contributed by atoms with E-state index in [4.69, 9.17) is 10.5 Å². The molecule has 1 saturated heterocycles. The van der Waals surface area contributed by atoms with Gasteiger partial charge in [0.25, 0.3) is 0 Å². The van der Waals surface area contributed by atoms with E-state index < -0.39 is 0 Å². The standard InChI is InChI=1S/C14H26N2O2/c1-18-14(17)13-8-5-9-16(13)12-7-4-2-3-6-11(12)10-15/h11-13H,2-10,15H2,1H3. The number of nitrogens with zero attached hydrogens (tertiary/aromatic N) is 1. The summed E-state index contributed by atoms with van der Waals surface area (Å²) in [5, 5.41) is 0.